The highest BCUT2D eigenvalue weighted by Crippen LogP contribution is 2.59. The molecule has 1 unspecified atom stereocenters. The van der Waals surface area contributed by atoms with E-state index in [1.165, 1.54) is 6.92 Å². The van der Waals surface area contributed by atoms with Crippen LogP contribution in [-0.2, 0) is 26.5 Å². The number of fused-ring (bicyclic) bond motifs is 2. The van der Waals surface area contributed by atoms with E-state index in [2.05, 4.69) is 20.9 Å². The van der Waals surface area contributed by atoms with Crippen molar-refractivity contribution in [1.29, 1.82) is 0 Å². The number of halogens is 1. The van der Waals surface area contributed by atoms with E-state index >= 15 is 4.11 Å². The molecule has 3 aromatic rings. The van der Waals surface area contributed by atoms with Crippen LogP contribution in [0, 0.1) is 5.92 Å². The van der Waals surface area contributed by atoms with Gasteiger partial charge in [0.25, 0.3) is 11.8 Å². The van der Waals surface area contributed by atoms with E-state index in [1.807, 2.05) is 37.3 Å². The molecule has 1 spiro atoms. The Bertz CT molecular complexity index is 1430. The van der Waals surface area contributed by atoms with Crippen molar-refractivity contribution >= 4 is 31.6 Å². The molecule has 2 amide bonds. The molecule has 0 bridgehead atoms. The van der Waals surface area contributed by atoms with Crippen molar-refractivity contribution in [2.24, 2.45) is 5.92 Å². The zero-order valence-electron chi connectivity index (χ0n) is 23.5. The van der Waals surface area contributed by atoms with Gasteiger partial charge >= 0.3 is 0 Å². The number of carbonyl (C=O) groups excluding carboxylic acids is 2. The van der Waals surface area contributed by atoms with Crippen molar-refractivity contribution < 1.29 is 28.6 Å². The summed E-state index contributed by atoms with van der Waals surface area (Å²) < 4.78 is 24.2. The lowest BCUT2D eigenvalue weighted by atomic mass is 9.82. The van der Waals surface area contributed by atoms with Crippen LogP contribution >= 0.6 is 0 Å². The molecule has 1 aromatic heterocycles. The second-order valence-electron chi connectivity index (χ2n) is 11.5. The molecule has 3 heterocycles. The Hall–Kier alpha value is -3.45. The van der Waals surface area contributed by atoms with Crippen LogP contribution in [0.25, 0.3) is 0 Å². The summed E-state index contributed by atoms with van der Waals surface area (Å²) in [7, 11) is -3.34. The molecule has 5 rings (SSSR count). The smallest absolute Gasteiger partial charge is 0.261 e. The van der Waals surface area contributed by atoms with Crippen LogP contribution < -0.4 is 10.6 Å². The van der Waals surface area contributed by atoms with Crippen LogP contribution in [0.3, 0.4) is 0 Å². The number of carbonyl (C=O) groups is 2. The molecule has 2 aliphatic rings. The van der Waals surface area contributed by atoms with E-state index in [1.54, 1.807) is 42.2 Å². The highest BCUT2D eigenvalue weighted by atomic mass is 28.4. The Morgan fingerprint density at radius 3 is 2.66 bits per heavy atom. The van der Waals surface area contributed by atoms with Crippen LogP contribution in [-0.4, -0.2) is 64.2 Å². The van der Waals surface area contributed by atoms with Gasteiger partial charge in [0.2, 0.25) is 8.41 Å². The van der Waals surface area contributed by atoms with Gasteiger partial charge in [-0.2, -0.15) is 0 Å². The number of nitrogens with one attached hydrogen (secondary N) is 2. The normalized spacial score (nSPS) is 25.1. The van der Waals surface area contributed by atoms with Crippen molar-refractivity contribution in [3.8, 4) is 0 Å². The minimum absolute atomic E-state index is 0.119. The highest BCUT2D eigenvalue weighted by Gasteiger charge is 2.65. The number of aromatic nitrogens is 3. The van der Waals surface area contributed by atoms with Crippen molar-refractivity contribution in [3.63, 3.8) is 0 Å². The maximum Gasteiger partial charge on any atom is 0.261 e. The Labute approximate surface area is 239 Å². The number of ether oxygens (including phenoxy) is 1. The lowest BCUT2D eigenvalue weighted by Crippen LogP contribution is -2.42. The number of anilines is 2. The second-order valence-corrected chi connectivity index (χ2v) is 15.3. The number of aryl methyl sites for hydroxylation is 1. The van der Waals surface area contributed by atoms with Crippen LogP contribution in [0.15, 0.2) is 54.7 Å². The zero-order chi connectivity index (χ0) is 29.5. The molecule has 0 radical (unpaired) electrons. The molecule has 0 aliphatic carbocycles. The van der Waals surface area contributed by atoms with Gasteiger partial charge in [0, 0.05) is 41.1 Å². The van der Waals surface area contributed by atoms with Gasteiger partial charge in [-0.15, -0.1) is 5.10 Å². The molecule has 0 saturated carbocycles. The number of hydrogen-bond acceptors (Lipinski definition) is 7. The average Bonchev–Trinajstić information content (AvgIpc) is 3.59. The number of benzene rings is 2. The molecule has 12 heteroatoms. The van der Waals surface area contributed by atoms with Gasteiger partial charge in [-0.1, -0.05) is 42.5 Å². The molecule has 4 N–H and O–H groups in total. The Morgan fingerprint density at radius 2 is 2.00 bits per heavy atom. The van der Waals surface area contributed by atoms with E-state index in [-0.39, 0.29) is 18.4 Å². The summed E-state index contributed by atoms with van der Waals surface area (Å²) in [5.74, 6) is -1.73. The van der Waals surface area contributed by atoms with Crippen LogP contribution in [0.5, 0.6) is 0 Å². The fraction of sp³-hybridized carbons (Fsp3) is 0.448. The monoisotopic (exact) mass is 581 g/mol. The molecule has 2 aliphatic heterocycles. The van der Waals surface area contributed by atoms with Gasteiger partial charge in [-0.3, -0.25) is 14.3 Å². The summed E-state index contributed by atoms with van der Waals surface area (Å²) in [5.41, 5.74) is 1.14. The largest absolute Gasteiger partial charge is 0.395 e. The van der Waals surface area contributed by atoms with E-state index in [9.17, 15) is 19.8 Å². The third-order valence-corrected chi connectivity index (χ3v) is 10.8. The molecule has 6 atom stereocenters. The first-order valence-corrected chi connectivity index (χ1v) is 16.8. The van der Waals surface area contributed by atoms with E-state index in [0.29, 0.717) is 35.6 Å². The van der Waals surface area contributed by atoms with Gasteiger partial charge in [0.1, 0.15) is 6.10 Å². The number of aliphatic hydroxyl groups excluding tert-OH is 2. The number of amides is 2. The number of rotatable bonds is 9. The standard InChI is InChI=1S/C29H36FN5O5Si/c1-17-26(41(3,4)30)25(12-13-35-15-24(33-34-35)21(16-36)19-8-6-5-7-9-19)40-29(17)22-14-20(31-27(38)18(2)37)10-11-23(22)32-28(29)39/h5-11,14-15,17-18,21,25-26,36-37H,12-13,16H2,1-4H3,(H,31,38)(H,32,39)/t17-,18+,21?,25+,26-,29+/m1/s1. The van der Waals surface area contributed by atoms with E-state index in [4.69, 9.17) is 4.74 Å². The third kappa shape index (κ3) is 5.32. The third-order valence-electron chi connectivity index (χ3n) is 8.30. The molecule has 1 saturated heterocycles. The molecule has 41 heavy (non-hydrogen) atoms. The summed E-state index contributed by atoms with van der Waals surface area (Å²) in [6.07, 6.45) is 0.405. The van der Waals surface area contributed by atoms with Crippen LogP contribution in [0.2, 0.25) is 18.6 Å². The Morgan fingerprint density at radius 1 is 1.27 bits per heavy atom. The first-order chi connectivity index (χ1) is 19.5. The van der Waals surface area contributed by atoms with Gasteiger partial charge < -0.3 is 29.7 Å². The van der Waals surface area contributed by atoms with Crippen molar-refractivity contribution in [3.05, 3.63) is 71.5 Å². The fourth-order valence-electron chi connectivity index (χ4n) is 6.36. The molecular weight excluding hydrogens is 545 g/mol. The van der Waals surface area contributed by atoms with Gasteiger partial charge in [-0.05, 0) is 50.2 Å². The SMILES string of the molecule is C[C@H](O)C(=O)Nc1ccc2c(c1)[C@]1(O[C@@H](CCn3cc(C(CO)c4ccccc4)nn3)[C@H]([Si](C)(C)F)[C@H]1C)C(=O)N2. The maximum absolute atomic E-state index is 15.9. The first kappa shape index (κ1) is 29.1. The van der Waals surface area contributed by atoms with Crippen LogP contribution in [0.1, 0.15) is 43.0 Å². The van der Waals surface area contributed by atoms with E-state index in [0.717, 1.165) is 5.56 Å². The number of hydrogen-bond donors (Lipinski definition) is 4. The minimum atomic E-state index is -3.34. The van der Waals surface area contributed by atoms with Crippen molar-refractivity contribution in [1.82, 2.24) is 15.0 Å². The summed E-state index contributed by atoms with van der Waals surface area (Å²) in [4.78, 5) is 25.6. The Balaban J connectivity index is 1.40. The average molecular weight is 582 g/mol. The first-order valence-electron chi connectivity index (χ1n) is 13.8. The minimum Gasteiger partial charge on any atom is -0.395 e. The van der Waals surface area contributed by atoms with Crippen molar-refractivity contribution in [2.75, 3.05) is 17.2 Å². The quantitative estimate of drug-likeness (QED) is 0.224. The summed E-state index contributed by atoms with van der Waals surface area (Å²) in [6, 6.07) is 14.6. The number of nitrogens with zero attached hydrogens (tertiary/aromatic N) is 3. The van der Waals surface area contributed by atoms with Gasteiger partial charge in [0.05, 0.1) is 24.3 Å². The van der Waals surface area contributed by atoms with E-state index < -0.39 is 43.6 Å². The Kier molecular flexibility index (Phi) is 7.85. The summed E-state index contributed by atoms with van der Waals surface area (Å²) >= 11 is 0. The topological polar surface area (TPSA) is 139 Å². The van der Waals surface area contributed by atoms with Gasteiger partial charge in [0.15, 0.2) is 5.60 Å². The zero-order valence-corrected chi connectivity index (χ0v) is 24.5. The maximum atomic E-state index is 15.9. The molecule has 10 nitrogen and oxygen atoms in total. The molecular formula is C29H36FN5O5Si. The number of aliphatic hydroxyl groups is 2. The summed E-state index contributed by atoms with van der Waals surface area (Å²) in [6.45, 7) is 6.75. The van der Waals surface area contributed by atoms with Gasteiger partial charge in [-0.25, -0.2) is 0 Å². The fourth-order valence-corrected chi connectivity index (χ4v) is 8.90. The lowest BCUT2D eigenvalue weighted by Gasteiger charge is -2.30. The van der Waals surface area contributed by atoms with Crippen molar-refractivity contribution in [2.45, 2.75) is 69.2 Å². The molecule has 1 fully saturated rings. The molecule has 218 valence electrons. The predicted molar refractivity (Wildman–Crippen MR) is 153 cm³/mol. The predicted octanol–water partition coefficient (Wildman–Crippen LogP) is 3.54. The highest BCUT2D eigenvalue weighted by molar-refractivity contribution is 6.72. The lowest BCUT2D eigenvalue weighted by molar-refractivity contribution is -0.143. The summed E-state index contributed by atoms with van der Waals surface area (Å²) in [5, 5.41) is 33.7. The second kappa shape index (κ2) is 11.1. The molecule has 2 aromatic carbocycles. The van der Waals surface area contributed by atoms with Crippen LogP contribution in [0.4, 0.5) is 15.5 Å².